The van der Waals surface area contributed by atoms with E-state index in [1.54, 1.807) is 7.11 Å². The van der Waals surface area contributed by atoms with Crippen LogP contribution in [0.5, 0.6) is 11.5 Å². The maximum absolute atomic E-state index is 12.4. The van der Waals surface area contributed by atoms with Gasteiger partial charge in [-0.1, -0.05) is 19.1 Å². The summed E-state index contributed by atoms with van der Waals surface area (Å²) >= 11 is 1.41. The van der Waals surface area contributed by atoms with Crippen molar-refractivity contribution in [1.29, 1.82) is 0 Å². The summed E-state index contributed by atoms with van der Waals surface area (Å²) in [6, 6.07) is 17.2. The minimum atomic E-state index is -0.126. The van der Waals surface area contributed by atoms with Crippen molar-refractivity contribution in [2.75, 3.05) is 12.4 Å². The van der Waals surface area contributed by atoms with E-state index in [-0.39, 0.29) is 5.91 Å². The first kappa shape index (κ1) is 18.0. The van der Waals surface area contributed by atoms with Crippen molar-refractivity contribution in [2.45, 2.75) is 20.0 Å². The SMILES string of the molecule is CCc1ccc(OCc2csc(C(=O)Nc3ccc(OC)cc3)c2)cc1. The zero-order valence-electron chi connectivity index (χ0n) is 14.8. The van der Waals surface area contributed by atoms with Crippen molar-refractivity contribution in [2.24, 2.45) is 0 Å². The quantitative estimate of drug-likeness (QED) is 0.628. The number of rotatable bonds is 7. The van der Waals surface area contributed by atoms with Crippen LogP contribution in [0.1, 0.15) is 27.7 Å². The molecular formula is C21H21NO3S. The first-order chi connectivity index (χ1) is 12.7. The number of amides is 1. The summed E-state index contributed by atoms with van der Waals surface area (Å²) in [6.07, 6.45) is 1.01. The van der Waals surface area contributed by atoms with Gasteiger partial charge < -0.3 is 14.8 Å². The second-order valence-electron chi connectivity index (χ2n) is 5.79. The van der Waals surface area contributed by atoms with Crippen molar-refractivity contribution in [1.82, 2.24) is 0 Å². The van der Waals surface area contributed by atoms with Gasteiger partial charge in [0.15, 0.2) is 0 Å². The lowest BCUT2D eigenvalue weighted by atomic mass is 10.2. The molecule has 0 bridgehead atoms. The molecule has 26 heavy (non-hydrogen) atoms. The number of nitrogens with one attached hydrogen (secondary N) is 1. The molecular weight excluding hydrogens is 346 g/mol. The summed E-state index contributed by atoms with van der Waals surface area (Å²) in [5.74, 6) is 1.46. The summed E-state index contributed by atoms with van der Waals surface area (Å²) in [4.78, 5) is 13.0. The molecule has 3 aromatic rings. The summed E-state index contributed by atoms with van der Waals surface area (Å²) in [5, 5.41) is 4.83. The summed E-state index contributed by atoms with van der Waals surface area (Å²) in [5.41, 5.74) is 3.00. The van der Waals surface area contributed by atoms with E-state index >= 15 is 0 Å². The molecule has 0 saturated heterocycles. The van der Waals surface area contributed by atoms with E-state index in [1.807, 2.05) is 47.8 Å². The van der Waals surface area contributed by atoms with E-state index in [0.717, 1.165) is 29.2 Å². The van der Waals surface area contributed by atoms with E-state index in [4.69, 9.17) is 9.47 Å². The highest BCUT2D eigenvalue weighted by atomic mass is 32.1. The summed E-state index contributed by atoms with van der Waals surface area (Å²) in [6.45, 7) is 2.57. The van der Waals surface area contributed by atoms with Gasteiger partial charge in [0.25, 0.3) is 5.91 Å². The van der Waals surface area contributed by atoms with Gasteiger partial charge in [0.2, 0.25) is 0 Å². The Morgan fingerprint density at radius 2 is 1.69 bits per heavy atom. The Hall–Kier alpha value is -2.79. The topological polar surface area (TPSA) is 47.6 Å². The second-order valence-corrected chi connectivity index (χ2v) is 6.70. The fourth-order valence-corrected chi connectivity index (χ4v) is 3.22. The van der Waals surface area contributed by atoms with Crippen LogP contribution in [0, 0.1) is 0 Å². The van der Waals surface area contributed by atoms with Gasteiger partial charge in [-0.3, -0.25) is 4.79 Å². The maximum atomic E-state index is 12.4. The highest BCUT2D eigenvalue weighted by molar-refractivity contribution is 7.12. The average molecular weight is 367 g/mol. The van der Waals surface area contributed by atoms with E-state index < -0.39 is 0 Å². The van der Waals surface area contributed by atoms with Crippen molar-refractivity contribution in [3.8, 4) is 11.5 Å². The Morgan fingerprint density at radius 1 is 1.00 bits per heavy atom. The van der Waals surface area contributed by atoms with Gasteiger partial charge in [0.05, 0.1) is 12.0 Å². The fourth-order valence-electron chi connectivity index (χ4n) is 2.43. The molecule has 0 atom stereocenters. The molecule has 0 saturated carbocycles. The maximum Gasteiger partial charge on any atom is 0.265 e. The molecule has 5 heteroatoms. The van der Waals surface area contributed by atoms with Crippen molar-refractivity contribution in [3.63, 3.8) is 0 Å². The molecule has 0 aliphatic carbocycles. The molecule has 1 heterocycles. The van der Waals surface area contributed by atoms with Gasteiger partial charge in [0, 0.05) is 11.3 Å². The Kier molecular flexibility index (Phi) is 5.92. The largest absolute Gasteiger partial charge is 0.497 e. The number of carbonyl (C=O) groups excluding carboxylic acids is 1. The number of thiophene rings is 1. The van der Waals surface area contributed by atoms with Crippen molar-refractivity contribution >= 4 is 22.9 Å². The van der Waals surface area contributed by atoms with Crippen molar-refractivity contribution < 1.29 is 14.3 Å². The predicted molar refractivity (Wildman–Crippen MR) is 105 cm³/mol. The molecule has 2 aromatic carbocycles. The molecule has 0 radical (unpaired) electrons. The molecule has 0 aliphatic rings. The number of benzene rings is 2. The molecule has 0 fully saturated rings. The van der Waals surface area contributed by atoms with Gasteiger partial charge in [0.1, 0.15) is 18.1 Å². The predicted octanol–water partition coefficient (Wildman–Crippen LogP) is 5.15. The van der Waals surface area contributed by atoms with Crippen LogP contribution >= 0.6 is 11.3 Å². The molecule has 134 valence electrons. The van der Waals surface area contributed by atoms with Crippen LogP contribution in [0.25, 0.3) is 0 Å². The Labute approximate surface area is 157 Å². The smallest absolute Gasteiger partial charge is 0.265 e. The van der Waals surface area contributed by atoms with Gasteiger partial charge in [-0.05, 0) is 59.8 Å². The number of methoxy groups -OCH3 is 1. The third-order valence-corrected chi connectivity index (χ3v) is 4.94. The lowest BCUT2D eigenvalue weighted by molar-refractivity contribution is 0.103. The first-order valence-electron chi connectivity index (χ1n) is 8.42. The minimum absolute atomic E-state index is 0.126. The number of anilines is 1. The molecule has 1 N–H and O–H groups in total. The normalized spacial score (nSPS) is 10.4. The van der Waals surface area contributed by atoms with Crippen LogP contribution in [0.3, 0.4) is 0 Å². The van der Waals surface area contributed by atoms with Gasteiger partial charge in [-0.2, -0.15) is 0 Å². The molecule has 3 rings (SSSR count). The van der Waals surface area contributed by atoms with Gasteiger partial charge in [-0.15, -0.1) is 11.3 Å². The molecule has 0 unspecified atom stereocenters. The zero-order chi connectivity index (χ0) is 18.4. The second kappa shape index (κ2) is 8.54. The molecule has 1 aromatic heterocycles. The van der Waals surface area contributed by atoms with Crippen LogP contribution < -0.4 is 14.8 Å². The lowest BCUT2D eigenvalue weighted by Gasteiger charge is -2.06. The highest BCUT2D eigenvalue weighted by Gasteiger charge is 2.10. The summed E-state index contributed by atoms with van der Waals surface area (Å²) < 4.78 is 10.9. The van der Waals surface area contributed by atoms with Gasteiger partial charge in [-0.25, -0.2) is 0 Å². The number of aryl methyl sites for hydroxylation is 1. The van der Waals surface area contributed by atoms with Crippen LogP contribution in [-0.2, 0) is 13.0 Å². The van der Waals surface area contributed by atoms with Crippen LogP contribution in [0.4, 0.5) is 5.69 Å². The third kappa shape index (κ3) is 4.64. The Morgan fingerprint density at radius 3 is 2.35 bits per heavy atom. The van der Waals surface area contributed by atoms with Crippen LogP contribution in [0.15, 0.2) is 60.0 Å². The van der Waals surface area contributed by atoms with Crippen molar-refractivity contribution in [3.05, 3.63) is 76.0 Å². The van der Waals surface area contributed by atoms with E-state index in [1.165, 1.54) is 16.9 Å². The Balaban J connectivity index is 1.56. The lowest BCUT2D eigenvalue weighted by Crippen LogP contribution is -2.10. The van der Waals surface area contributed by atoms with Crippen LogP contribution in [0.2, 0.25) is 0 Å². The monoisotopic (exact) mass is 367 g/mol. The first-order valence-corrected chi connectivity index (χ1v) is 9.30. The number of carbonyl (C=O) groups is 1. The van der Waals surface area contributed by atoms with E-state index in [0.29, 0.717) is 11.5 Å². The highest BCUT2D eigenvalue weighted by Crippen LogP contribution is 2.21. The van der Waals surface area contributed by atoms with Crippen LogP contribution in [-0.4, -0.2) is 13.0 Å². The fraction of sp³-hybridized carbons (Fsp3) is 0.190. The summed E-state index contributed by atoms with van der Waals surface area (Å²) in [7, 11) is 1.61. The zero-order valence-corrected chi connectivity index (χ0v) is 15.6. The number of hydrogen-bond acceptors (Lipinski definition) is 4. The number of ether oxygens (including phenoxy) is 2. The minimum Gasteiger partial charge on any atom is -0.497 e. The molecule has 4 nitrogen and oxygen atoms in total. The number of hydrogen-bond donors (Lipinski definition) is 1. The third-order valence-electron chi connectivity index (χ3n) is 3.96. The average Bonchev–Trinajstić information content (AvgIpc) is 3.16. The molecule has 0 aliphatic heterocycles. The standard InChI is InChI=1S/C21H21NO3S/c1-3-15-4-8-19(9-5-15)25-13-16-12-20(26-14-16)21(23)22-17-6-10-18(24-2)11-7-17/h4-12,14H,3,13H2,1-2H3,(H,22,23). The van der Waals surface area contributed by atoms with E-state index in [9.17, 15) is 4.79 Å². The molecule has 0 spiro atoms. The van der Waals surface area contributed by atoms with E-state index in [2.05, 4.69) is 24.4 Å². The van der Waals surface area contributed by atoms with Gasteiger partial charge >= 0.3 is 0 Å². The Bertz CT molecular complexity index is 854. The molecule has 1 amide bonds.